The van der Waals surface area contributed by atoms with Crippen molar-refractivity contribution < 1.29 is 18.8 Å². The average Bonchev–Trinajstić information content (AvgIpc) is 3.01. The first-order chi connectivity index (χ1) is 20.0. The van der Waals surface area contributed by atoms with Crippen molar-refractivity contribution in [2.75, 3.05) is 21.2 Å². The summed E-state index contributed by atoms with van der Waals surface area (Å²) in [4.78, 5) is 48.1. The van der Waals surface area contributed by atoms with E-state index in [1.165, 1.54) is 12.1 Å². The Balaban J connectivity index is 1.45. The number of amides is 4. The molecule has 2 saturated heterocycles. The Kier molecular flexibility index (Phi) is 5.96. The summed E-state index contributed by atoms with van der Waals surface area (Å²) in [7, 11) is 0. The summed E-state index contributed by atoms with van der Waals surface area (Å²) in [5.74, 6) is -1.34. The summed E-state index contributed by atoms with van der Waals surface area (Å²) in [6, 6.07) is 30.9. The zero-order valence-electron chi connectivity index (χ0n) is 22.3. The van der Waals surface area contributed by atoms with Crippen LogP contribution in [-0.4, -0.2) is 30.4 Å². The van der Waals surface area contributed by atoms with Crippen molar-refractivity contribution in [2.24, 2.45) is 5.41 Å². The number of hydrogen-bond donors (Lipinski definition) is 0. The van der Waals surface area contributed by atoms with Crippen LogP contribution < -0.4 is 14.7 Å². The lowest BCUT2D eigenvalue weighted by Gasteiger charge is -2.56. The Bertz CT molecular complexity index is 1580. The van der Waals surface area contributed by atoms with Crippen LogP contribution in [0.2, 0.25) is 0 Å². The van der Waals surface area contributed by atoms with Crippen LogP contribution in [0.25, 0.3) is 0 Å². The van der Waals surface area contributed by atoms with Crippen molar-refractivity contribution in [3.05, 3.63) is 126 Å². The van der Waals surface area contributed by atoms with Gasteiger partial charge in [-0.05, 0) is 72.7 Å². The largest absolute Gasteiger partial charge is 0.367 e. The summed E-state index contributed by atoms with van der Waals surface area (Å²) >= 11 is 0. The number of benzene rings is 4. The van der Waals surface area contributed by atoms with Gasteiger partial charge < -0.3 is 4.90 Å². The minimum absolute atomic E-state index is 0.0723. The molecule has 0 radical (unpaired) electrons. The zero-order valence-corrected chi connectivity index (χ0v) is 22.3. The molecule has 2 atom stereocenters. The number of nitrogens with zero attached hydrogens (tertiary/aromatic N) is 3. The number of carbonyl (C=O) groups excluding carboxylic acids is 3. The maximum Gasteiger partial charge on any atom is 0.342 e. The minimum Gasteiger partial charge on any atom is -0.367 e. The number of hydrogen-bond acceptors (Lipinski definition) is 4. The lowest BCUT2D eigenvalue weighted by atomic mass is 9.63. The number of piperidine rings is 1. The first-order valence-corrected chi connectivity index (χ1v) is 13.9. The highest BCUT2D eigenvalue weighted by Gasteiger charge is 2.65. The highest BCUT2D eigenvalue weighted by atomic mass is 19.1. The van der Waals surface area contributed by atoms with Crippen LogP contribution in [0.1, 0.15) is 29.9 Å². The molecule has 3 aliphatic rings. The molecule has 4 aromatic carbocycles. The molecular formula is C34H28FN3O3. The molecule has 41 heavy (non-hydrogen) atoms. The fourth-order valence-electron chi connectivity index (χ4n) is 6.93. The first-order valence-electron chi connectivity index (χ1n) is 13.9. The van der Waals surface area contributed by atoms with Gasteiger partial charge >= 0.3 is 6.03 Å². The molecule has 3 aliphatic heterocycles. The lowest BCUT2D eigenvalue weighted by molar-refractivity contribution is -0.143. The molecular weight excluding hydrogens is 517 g/mol. The molecule has 7 rings (SSSR count). The van der Waals surface area contributed by atoms with Gasteiger partial charge in [0.2, 0.25) is 0 Å². The third-order valence-electron chi connectivity index (χ3n) is 8.85. The maximum atomic E-state index is 14.8. The lowest BCUT2D eigenvalue weighted by Crippen LogP contribution is -2.74. The number of imide groups is 2. The molecule has 6 nitrogen and oxygen atoms in total. The molecule has 1 spiro atoms. The Labute approximate surface area is 237 Å². The standard InChI is InChI=1S/C34H28FN3O3/c35-26-17-16-25-22-34(30-20-24(23-10-4-1-5-11-23)18-19-36(30)29(25)21-26)31(39)37(27-12-6-2-7-13-27)33(41)38(32(34)40)28-14-8-3-9-15-28/h1-17,21,24,30H,18-20,22H2. The number of urea groups is 1. The molecule has 4 aromatic rings. The van der Waals surface area contributed by atoms with Crippen LogP contribution in [0.4, 0.5) is 26.2 Å². The van der Waals surface area contributed by atoms with E-state index >= 15 is 0 Å². The zero-order chi connectivity index (χ0) is 28.1. The van der Waals surface area contributed by atoms with Gasteiger partial charge in [0.05, 0.1) is 17.4 Å². The molecule has 3 heterocycles. The molecule has 0 aliphatic carbocycles. The summed E-state index contributed by atoms with van der Waals surface area (Å²) < 4.78 is 14.6. The highest BCUT2D eigenvalue weighted by molar-refractivity contribution is 6.39. The molecule has 0 saturated carbocycles. The molecule has 2 fully saturated rings. The van der Waals surface area contributed by atoms with E-state index in [0.717, 1.165) is 27.3 Å². The highest BCUT2D eigenvalue weighted by Crippen LogP contribution is 2.52. The quantitative estimate of drug-likeness (QED) is 0.283. The van der Waals surface area contributed by atoms with Gasteiger partial charge in [0.1, 0.15) is 5.82 Å². The Morgan fingerprint density at radius 1 is 0.707 bits per heavy atom. The van der Waals surface area contributed by atoms with Gasteiger partial charge in [-0.2, -0.15) is 0 Å². The number of carbonyl (C=O) groups is 3. The van der Waals surface area contributed by atoms with Gasteiger partial charge in [0.15, 0.2) is 5.41 Å². The van der Waals surface area contributed by atoms with Crippen LogP contribution in [0, 0.1) is 11.2 Å². The first kappa shape index (κ1) is 25.2. The number of barbiturate groups is 1. The van der Waals surface area contributed by atoms with E-state index < -0.39 is 29.3 Å². The van der Waals surface area contributed by atoms with E-state index in [4.69, 9.17) is 0 Å². The summed E-state index contributed by atoms with van der Waals surface area (Å²) in [5.41, 5.74) is 1.78. The van der Waals surface area contributed by atoms with E-state index in [9.17, 15) is 18.8 Å². The van der Waals surface area contributed by atoms with E-state index in [1.54, 1.807) is 54.6 Å². The fraction of sp³-hybridized carbons (Fsp3) is 0.206. The van der Waals surface area contributed by atoms with Gasteiger partial charge in [-0.25, -0.2) is 19.0 Å². The van der Waals surface area contributed by atoms with E-state index in [2.05, 4.69) is 12.1 Å². The van der Waals surface area contributed by atoms with Gasteiger partial charge in [0.25, 0.3) is 11.8 Å². The van der Waals surface area contributed by atoms with Gasteiger partial charge in [-0.1, -0.05) is 72.8 Å². The minimum atomic E-state index is -1.60. The maximum absolute atomic E-state index is 14.8. The second-order valence-electron chi connectivity index (χ2n) is 11.0. The molecule has 4 amide bonds. The third-order valence-corrected chi connectivity index (χ3v) is 8.85. The van der Waals surface area contributed by atoms with E-state index in [-0.39, 0.29) is 18.2 Å². The van der Waals surface area contributed by atoms with Crippen LogP contribution in [-0.2, 0) is 16.0 Å². The Hall–Kier alpha value is -4.78. The van der Waals surface area contributed by atoms with Crippen LogP contribution in [0.3, 0.4) is 0 Å². The van der Waals surface area contributed by atoms with Crippen LogP contribution in [0.5, 0.6) is 0 Å². The Morgan fingerprint density at radius 3 is 1.85 bits per heavy atom. The van der Waals surface area contributed by atoms with Crippen molar-refractivity contribution >= 4 is 34.9 Å². The Morgan fingerprint density at radius 2 is 1.27 bits per heavy atom. The number of anilines is 3. The number of para-hydroxylation sites is 2. The number of rotatable bonds is 3. The summed E-state index contributed by atoms with van der Waals surface area (Å²) in [5, 5.41) is 0. The van der Waals surface area contributed by atoms with Crippen molar-refractivity contribution in [3.8, 4) is 0 Å². The molecule has 0 aromatic heterocycles. The molecule has 2 unspecified atom stereocenters. The van der Waals surface area contributed by atoms with E-state index in [0.29, 0.717) is 30.0 Å². The van der Waals surface area contributed by atoms with E-state index in [1.807, 2.05) is 35.2 Å². The smallest absolute Gasteiger partial charge is 0.342 e. The second-order valence-corrected chi connectivity index (χ2v) is 11.0. The predicted octanol–water partition coefficient (Wildman–Crippen LogP) is 6.32. The van der Waals surface area contributed by atoms with Crippen molar-refractivity contribution in [1.29, 1.82) is 0 Å². The van der Waals surface area contributed by atoms with Crippen LogP contribution in [0.15, 0.2) is 109 Å². The van der Waals surface area contributed by atoms with Gasteiger partial charge in [-0.15, -0.1) is 0 Å². The fourth-order valence-corrected chi connectivity index (χ4v) is 6.93. The topological polar surface area (TPSA) is 60.9 Å². The molecule has 0 N–H and O–H groups in total. The third kappa shape index (κ3) is 3.87. The number of halogens is 1. The average molecular weight is 546 g/mol. The monoisotopic (exact) mass is 545 g/mol. The van der Waals surface area contributed by atoms with Crippen molar-refractivity contribution in [3.63, 3.8) is 0 Å². The molecule has 7 heteroatoms. The van der Waals surface area contributed by atoms with Gasteiger partial charge in [0, 0.05) is 12.2 Å². The summed E-state index contributed by atoms with van der Waals surface area (Å²) in [6.07, 6.45) is 1.37. The van der Waals surface area contributed by atoms with Crippen molar-refractivity contribution in [1.82, 2.24) is 0 Å². The number of fused-ring (bicyclic) bond motifs is 4. The predicted molar refractivity (Wildman–Crippen MR) is 155 cm³/mol. The molecule has 0 bridgehead atoms. The van der Waals surface area contributed by atoms with Gasteiger partial charge in [-0.3, -0.25) is 9.59 Å². The summed E-state index contributed by atoms with van der Waals surface area (Å²) in [6.45, 7) is 0.549. The second kappa shape index (κ2) is 9.70. The molecule has 204 valence electrons. The normalized spacial score (nSPS) is 21.6. The van der Waals surface area contributed by atoms with Crippen LogP contribution >= 0.6 is 0 Å². The SMILES string of the molecule is O=C1N(c2ccccc2)C(=O)C2(Cc3ccc(F)cc3N3CCC(c4ccccc4)CC32)C(=O)N1c1ccccc1. The van der Waals surface area contributed by atoms with Crippen molar-refractivity contribution in [2.45, 2.75) is 31.2 Å².